The average molecular weight is 331 g/mol. The quantitative estimate of drug-likeness (QED) is 0.718. The van der Waals surface area contributed by atoms with Crippen molar-refractivity contribution < 1.29 is 13.2 Å². The third kappa shape index (κ3) is 4.51. The molecule has 0 unspecified atom stereocenters. The summed E-state index contributed by atoms with van der Waals surface area (Å²) in [6, 6.07) is -0.390. The number of unbranched alkanes of at least 4 members (excludes halogenated alkanes) is 2. The fourth-order valence-corrected chi connectivity index (χ4v) is 2.78. The summed E-state index contributed by atoms with van der Waals surface area (Å²) in [5.41, 5.74) is 0. The molecule has 9 heteroatoms. The van der Waals surface area contributed by atoms with Gasteiger partial charge in [0, 0.05) is 27.2 Å². The summed E-state index contributed by atoms with van der Waals surface area (Å²) in [6.07, 6.45) is 4.64. The van der Waals surface area contributed by atoms with Crippen LogP contribution in [0.1, 0.15) is 39.5 Å². The van der Waals surface area contributed by atoms with Crippen molar-refractivity contribution >= 4 is 16.1 Å². The molecule has 0 aliphatic heterocycles. The molecule has 8 nitrogen and oxygen atoms in total. The Hall–Kier alpha value is -1.48. The van der Waals surface area contributed by atoms with Crippen molar-refractivity contribution in [1.29, 1.82) is 0 Å². The van der Waals surface area contributed by atoms with Crippen LogP contribution in [-0.2, 0) is 10.0 Å². The molecule has 1 aromatic rings. The van der Waals surface area contributed by atoms with Crippen LogP contribution in [0.5, 0.6) is 0 Å². The molecule has 0 N–H and O–H groups in total. The van der Waals surface area contributed by atoms with E-state index in [1.165, 1.54) is 16.3 Å². The summed E-state index contributed by atoms with van der Waals surface area (Å²) in [6.45, 7) is 5.01. The van der Waals surface area contributed by atoms with E-state index in [2.05, 4.69) is 10.1 Å². The lowest BCUT2D eigenvalue weighted by Gasteiger charge is -2.16. The molecule has 0 saturated carbocycles. The van der Waals surface area contributed by atoms with Gasteiger partial charge >= 0.3 is 6.03 Å². The topological polar surface area (TPSA) is 88.4 Å². The van der Waals surface area contributed by atoms with Crippen LogP contribution < -0.4 is 0 Å². The summed E-state index contributed by atoms with van der Waals surface area (Å²) in [5, 5.41) is 3.48. The van der Waals surface area contributed by atoms with Crippen molar-refractivity contribution in [3.05, 3.63) is 6.33 Å². The van der Waals surface area contributed by atoms with Gasteiger partial charge in [0.15, 0.2) is 0 Å². The van der Waals surface area contributed by atoms with Gasteiger partial charge in [0.25, 0.3) is 15.2 Å². The Morgan fingerprint density at radius 3 is 2.36 bits per heavy atom. The van der Waals surface area contributed by atoms with Gasteiger partial charge in [-0.1, -0.05) is 26.7 Å². The number of carbonyl (C=O) groups is 1. The Kier molecular flexibility index (Phi) is 6.95. The highest BCUT2D eigenvalue weighted by molar-refractivity contribution is 7.88. The van der Waals surface area contributed by atoms with Crippen molar-refractivity contribution in [2.24, 2.45) is 0 Å². The van der Waals surface area contributed by atoms with Gasteiger partial charge in [-0.25, -0.2) is 18.2 Å². The van der Waals surface area contributed by atoms with Gasteiger partial charge in [-0.15, -0.1) is 5.10 Å². The van der Waals surface area contributed by atoms with Crippen LogP contribution in [0.4, 0.5) is 4.79 Å². The van der Waals surface area contributed by atoms with E-state index in [9.17, 15) is 13.2 Å². The molecule has 0 fully saturated rings. The molecule has 0 spiro atoms. The first-order valence-electron chi connectivity index (χ1n) is 7.48. The maximum atomic E-state index is 12.3. The number of sulfonamides is 1. The molecule has 1 heterocycles. The molecule has 1 rings (SSSR count). The fraction of sp³-hybridized carbons (Fsp3) is 0.769. The van der Waals surface area contributed by atoms with E-state index < -0.39 is 16.1 Å². The first-order chi connectivity index (χ1) is 10.3. The zero-order valence-corrected chi connectivity index (χ0v) is 14.5. The van der Waals surface area contributed by atoms with Crippen LogP contribution in [0.3, 0.4) is 0 Å². The first kappa shape index (κ1) is 18.6. The van der Waals surface area contributed by atoms with Crippen LogP contribution in [0.2, 0.25) is 0 Å². The Bertz CT molecular complexity index is 584. The number of aromatic nitrogens is 3. The highest BCUT2D eigenvalue weighted by Crippen LogP contribution is 2.10. The second-order valence-electron chi connectivity index (χ2n) is 5.21. The Morgan fingerprint density at radius 1 is 1.18 bits per heavy atom. The van der Waals surface area contributed by atoms with Crippen molar-refractivity contribution in [3.63, 3.8) is 0 Å². The number of amides is 1. The maximum absolute atomic E-state index is 12.3. The number of hydrogen-bond donors (Lipinski definition) is 0. The summed E-state index contributed by atoms with van der Waals surface area (Å²) < 4.78 is 26.7. The molecular weight excluding hydrogens is 306 g/mol. The third-order valence-corrected chi connectivity index (χ3v) is 4.96. The Balaban J connectivity index is 2.84. The largest absolute Gasteiger partial charge is 0.345 e. The van der Waals surface area contributed by atoms with E-state index >= 15 is 0 Å². The predicted molar refractivity (Wildman–Crippen MR) is 83.1 cm³/mol. The maximum Gasteiger partial charge on any atom is 0.345 e. The van der Waals surface area contributed by atoms with E-state index in [0.717, 1.165) is 36.7 Å². The van der Waals surface area contributed by atoms with Crippen molar-refractivity contribution in [2.45, 2.75) is 44.7 Å². The zero-order valence-electron chi connectivity index (χ0n) is 13.7. The Morgan fingerprint density at radius 2 is 1.77 bits per heavy atom. The molecule has 1 amide bonds. The smallest absolute Gasteiger partial charge is 0.326 e. The van der Waals surface area contributed by atoms with E-state index in [0.29, 0.717) is 13.1 Å². The molecule has 0 aliphatic rings. The van der Waals surface area contributed by atoms with Gasteiger partial charge in [0.2, 0.25) is 0 Å². The molecule has 0 saturated heterocycles. The molecule has 0 bridgehead atoms. The number of nitrogens with zero attached hydrogens (tertiary/aromatic N) is 5. The SMILES string of the molecule is CCCCN(C)C(=O)n1cnc(S(=O)(=O)N(C)CCCC)n1. The average Bonchev–Trinajstić information content (AvgIpc) is 2.99. The van der Waals surface area contributed by atoms with E-state index in [1.807, 2.05) is 13.8 Å². The van der Waals surface area contributed by atoms with Crippen LogP contribution >= 0.6 is 0 Å². The van der Waals surface area contributed by atoms with E-state index in [1.54, 1.807) is 7.05 Å². The van der Waals surface area contributed by atoms with Gasteiger partial charge in [-0.05, 0) is 12.8 Å². The number of carbonyl (C=O) groups excluding carboxylic acids is 1. The lowest BCUT2D eigenvalue weighted by molar-refractivity contribution is 0.206. The van der Waals surface area contributed by atoms with Gasteiger partial charge in [0.05, 0.1) is 0 Å². The van der Waals surface area contributed by atoms with Gasteiger partial charge in [-0.2, -0.15) is 8.99 Å². The van der Waals surface area contributed by atoms with Crippen LogP contribution in [0.15, 0.2) is 11.5 Å². The summed E-state index contributed by atoms with van der Waals surface area (Å²) in [5.74, 6) is 0. The summed E-state index contributed by atoms with van der Waals surface area (Å²) in [7, 11) is -0.606. The van der Waals surface area contributed by atoms with E-state index in [4.69, 9.17) is 0 Å². The molecule has 0 aliphatic carbocycles. The van der Waals surface area contributed by atoms with E-state index in [-0.39, 0.29) is 5.16 Å². The number of hydrogen-bond acceptors (Lipinski definition) is 5. The minimum Gasteiger partial charge on any atom is -0.326 e. The van der Waals surface area contributed by atoms with Gasteiger partial charge < -0.3 is 4.90 Å². The monoisotopic (exact) mass is 331 g/mol. The van der Waals surface area contributed by atoms with Crippen molar-refractivity contribution in [3.8, 4) is 0 Å². The third-order valence-electron chi connectivity index (χ3n) is 3.31. The number of rotatable bonds is 8. The molecule has 22 heavy (non-hydrogen) atoms. The molecule has 126 valence electrons. The summed E-state index contributed by atoms with van der Waals surface area (Å²) in [4.78, 5) is 17.4. The standard InChI is InChI=1S/C13H25N5O3S/c1-5-7-9-16(3)13(19)18-11-14-12(15-18)22(20,21)17(4)10-8-6-2/h11H,5-10H2,1-4H3. The normalized spacial score (nSPS) is 11.9. The van der Waals surface area contributed by atoms with Gasteiger partial charge in [-0.3, -0.25) is 0 Å². The van der Waals surface area contributed by atoms with Crippen LogP contribution in [-0.4, -0.2) is 65.6 Å². The molecule has 0 radical (unpaired) electrons. The minimum atomic E-state index is -3.75. The lowest BCUT2D eigenvalue weighted by Crippen LogP contribution is -2.33. The molecule has 0 atom stereocenters. The predicted octanol–water partition coefficient (Wildman–Crippen LogP) is 1.40. The second-order valence-corrected chi connectivity index (χ2v) is 7.15. The fourth-order valence-electron chi connectivity index (χ4n) is 1.76. The highest BCUT2D eigenvalue weighted by Gasteiger charge is 2.26. The molecule has 1 aromatic heterocycles. The van der Waals surface area contributed by atoms with Crippen molar-refractivity contribution in [2.75, 3.05) is 27.2 Å². The minimum absolute atomic E-state index is 0.344. The molecule has 0 aromatic carbocycles. The zero-order chi connectivity index (χ0) is 16.8. The van der Waals surface area contributed by atoms with Crippen molar-refractivity contribution in [1.82, 2.24) is 24.0 Å². The Labute approximate surface area is 132 Å². The lowest BCUT2D eigenvalue weighted by atomic mass is 10.3. The second kappa shape index (κ2) is 8.23. The first-order valence-corrected chi connectivity index (χ1v) is 8.92. The molecular formula is C13H25N5O3S. The van der Waals surface area contributed by atoms with Crippen LogP contribution in [0.25, 0.3) is 0 Å². The van der Waals surface area contributed by atoms with Gasteiger partial charge in [0.1, 0.15) is 6.33 Å². The highest BCUT2D eigenvalue weighted by atomic mass is 32.2. The summed E-state index contributed by atoms with van der Waals surface area (Å²) >= 11 is 0. The van der Waals surface area contributed by atoms with Crippen LogP contribution in [0, 0.1) is 0 Å².